The van der Waals surface area contributed by atoms with Crippen molar-refractivity contribution in [2.45, 2.75) is 13.8 Å². The lowest BCUT2D eigenvalue weighted by molar-refractivity contribution is -0.136. The molecule has 0 heterocycles. The zero-order valence-corrected chi connectivity index (χ0v) is 10.0. The van der Waals surface area contributed by atoms with Crippen molar-refractivity contribution < 1.29 is 9.59 Å². The fourth-order valence-corrected chi connectivity index (χ4v) is 1.27. The molecule has 1 rings (SSSR count). The molecule has 0 spiro atoms. The molecule has 17 heavy (non-hydrogen) atoms. The zero-order chi connectivity index (χ0) is 12.8. The Morgan fingerprint density at radius 3 is 2.47 bits per heavy atom. The lowest BCUT2D eigenvalue weighted by Crippen LogP contribution is -2.37. The highest BCUT2D eigenvalue weighted by atomic mass is 16.2. The van der Waals surface area contributed by atoms with E-state index in [0.29, 0.717) is 18.8 Å². The highest BCUT2D eigenvalue weighted by molar-refractivity contribution is 6.39. The fourth-order valence-electron chi connectivity index (χ4n) is 1.27. The minimum Gasteiger partial charge on any atom is -0.347 e. The van der Waals surface area contributed by atoms with E-state index in [1.165, 1.54) is 0 Å². The van der Waals surface area contributed by atoms with Crippen molar-refractivity contribution in [1.82, 2.24) is 5.32 Å². The third kappa shape index (κ3) is 3.88. The number of benzene rings is 1. The van der Waals surface area contributed by atoms with Gasteiger partial charge < -0.3 is 16.4 Å². The predicted molar refractivity (Wildman–Crippen MR) is 66.6 cm³/mol. The van der Waals surface area contributed by atoms with Gasteiger partial charge in [-0.05, 0) is 37.1 Å². The fraction of sp³-hybridized carbons (Fsp3) is 0.333. The van der Waals surface area contributed by atoms with Crippen LogP contribution in [0, 0.1) is 13.8 Å². The summed E-state index contributed by atoms with van der Waals surface area (Å²) in [4.78, 5) is 22.7. The Morgan fingerprint density at radius 2 is 1.88 bits per heavy atom. The quantitative estimate of drug-likeness (QED) is 0.659. The van der Waals surface area contributed by atoms with Crippen LogP contribution in [0.2, 0.25) is 0 Å². The summed E-state index contributed by atoms with van der Waals surface area (Å²) in [6.45, 7) is 4.52. The molecule has 0 aromatic heterocycles. The second kappa shape index (κ2) is 6.00. The molecule has 92 valence electrons. The maximum atomic E-state index is 11.5. The molecule has 0 aliphatic heterocycles. The first-order valence-electron chi connectivity index (χ1n) is 5.41. The van der Waals surface area contributed by atoms with Crippen molar-refractivity contribution in [3.63, 3.8) is 0 Å². The number of anilines is 1. The third-order valence-corrected chi connectivity index (χ3v) is 2.40. The van der Waals surface area contributed by atoms with Crippen molar-refractivity contribution in [2.24, 2.45) is 5.73 Å². The minimum atomic E-state index is -0.679. The van der Waals surface area contributed by atoms with E-state index in [2.05, 4.69) is 10.6 Å². The maximum Gasteiger partial charge on any atom is 0.313 e. The standard InChI is InChI=1S/C12H17N3O2/c1-8-3-4-10(7-9(8)2)15-12(17)11(16)14-6-5-13/h3-4,7H,5-6,13H2,1-2H3,(H,14,16)(H,15,17). The Labute approximate surface area is 100 Å². The summed E-state index contributed by atoms with van der Waals surface area (Å²) < 4.78 is 0. The van der Waals surface area contributed by atoms with E-state index >= 15 is 0 Å². The van der Waals surface area contributed by atoms with Gasteiger partial charge in [0.15, 0.2) is 0 Å². The Morgan fingerprint density at radius 1 is 1.18 bits per heavy atom. The molecule has 0 bridgehead atoms. The number of amides is 2. The molecule has 0 saturated heterocycles. The predicted octanol–water partition coefficient (Wildman–Crippen LogP) is 0.317. The summed E-state index contributed by atoms with van der Waals surface area (Å²) in [5.41, 5.74) is 8.03. The number of carbonyl (C=O) groups is 2. The van der Waals surface area contributed by atoms with Crippen LogP contribution >= 0.6 is 0 Å². The number of aryl methyl sites for hydroxylation is 2. The summed E-state index contributed by atoms with van der Waals surface area (Å²) in [5, 5.41) is 4.93. The van der Waals surface area contributed by atoms with E-state index in [1.54, 1.807) is 6.07 Å². The van der Waals surface area contributed by atoms with Gasteiger partial charge in [0.1, 0.15) is 0 Å². The summed E-state index contributed by atoms with van der Waals surface area (Å²) >= 11 is 0. The van der Waals surface area contributed by atoms with Crippen LogP contribution in [0.5, 0.6) is 0 Å². The molecule has 5 nitrogen and oxygen atoms in total. The second-order valence-electron chi connectivity index (χ2n) is 3.80. The van der Waals surface area contributed by atoms with Gasteiger partial charge in [-0.15, -0.1) is 0 Å². The van der Waals surface area contributed by atoms with Crippen LogP contribution in [-0.2, 0) is 9.59 Å². The van der Waals surface area contributed by atoms with Gasteiger partial charge >= 0.3 is 11.8 Å². The highest BCUT2D eigenvalue weighted by Crippen LogP contribution is 2.13. The minimum absolute atomic E-state index is 0.291. The average molecular weight is 235 g/mol. The number of rotatable bonds is 3. The van der Waals surface area contributed by atoms with Crippen LogP contribution in [0.4, 0.5) is 5.69 Å². The molecule has 0 atom stereocenters. The summed E-state index contributed by atoms with van der Waals surface area (Å²) in [6, 6.07) is 5.47. The molecule has 0 fully saturated rings. The van der Waals surface area contributed by atoms with E-state index in [-0.39, 0.29) is 0 Å². The summed E-state index contributed by atoms with van der Waals surface area (Å²) in [6.07, 6.45) is 0. The first-order chi connectivity index (χ1) is 8.04. The van der Waals surface area contributed by atoms with Crippen LogP contribution in [0.3, 0.4) is 0 Å². The van der Waals surface area contributed by atoms with Crippen LogP contribution in [0.1, 0.15) is 11.1 Å². The molecule has 0 aliphatic rings. The van der Waals surface area contributed by atoms with Gasteiger partial charge in [0.25, 0.3) is 0 Å². The van der Waals surface area contributed by atoms with Crippen molar-refractivity contribution in [3.8, 4) is 0 Å². The van der Waals surface area contributed by atoms with Crippen LogP contribution in [0.25, 0.3) is 0 Å². The lowest BCUT2D eigenvalue weighted by atomic mass is 10.1. The molecule has 2 amide bonds. The van der Waals surface area contributed by atoms with Gasteiger partial charge in [0.2, 0.25) is 0 Å². The number of hydrogen-bond donors (Lipinski definition) is 3. The smallest absolute Gasteiger partial charge is 0.313 e. The normalized spacial score (nSPS) is 9.82. The topological polar surface area (TPSA) is 84.2 Å². The average Bonchev–Trinajstić information content (AvgIpc) is 2.30. The molecule has 1 aromatic carbocycles. The first-order valence-corrected chi connectivity index (χ1v) is 5.41. The molecule has 5 heteroatoms. The molecule has 0 aliphatic carbocycles. The van der Waals surface area contributed by atoms with Gasteiger partial charge in [0, 0.05) is 18.8 Å². The van der Waals surface area contributed by atoms with Crippen molar-refractivity contribution >= 4 is 17.5 Å². The largest absolute Gasteiger partial charge is 0.347 e. The van der Waals surface area contributed by atoms with E-state index < -0.39 is 11.8 Å². The number of carbonyl (C=O) groups excluding carboxylic acids is 2. The van der Waals surface area contributed by atoms with E-state index in [4.69, 9.17) is 5.73 Å². The van der Waals surface area contributed by atoms with Gasteiger partial charge in [-0.3, -0.25) is 9.59 Å². The second-order valence-corrected chi connectivity index (χ2v) is 3.80. The Balaban J connectivity index is 2.61. The summed E-state index contributed by atoms with van der Waals surface area (Å²) in [7, 11) is 0. The van der Waals surface area contributed by atoms with Crippen molar-refractivity contribution in [2.75, 3.05) is 18.4 Å². The molecule has 1 aromatic rings. The Hall–Kier alpha value is -1.88. The van der Waals surface area contributed by atoms with E-state index in [0.717, 1.165) is 11.1 Å². The van der Waals surface area contributed by atoms with Crippen molar-refractivity contribution in [3.05, 3.63) is 29.3 Å². The van der Waals surface area contributed by atoms with Gasteiger partial charge in [-0.2, -0.15) is 0 Å². The molecule has 0 radical (unpaired) electrons. The summed E-state index contributed by atoms with van der Waals surface area (Å²) in [5.74, 6) is -1.35. The Bertz CT molecular complexity index is 430. The number of hydrogen-bond acceptors (Lipinski definition) is 3. The van der Waals surface area contributed by atoms with Crippen LogP contribution in [-0.4, -0.2) is 24.9 Å². The maximum absolute atomic E-state index is 11.5. The van der Waals surface area contributed by atoms with Crippen LogP contribution < -0.4 is 16.4 Å². The first kappa shape index (κ1) is 13.2. The highest BCUT2D eigenvalue weighted by Gasteiger charge is 2.12. The van der Waals surface area contributed by atoms with Crippen LogP contribution in [0.15, 0.2) is 18.2 Å². The van der Waals surface area contributed by atoms with Gasteiger partial charge in [-0.25, -0.2) is 0 Å². The Kier molecular flexibility index (Phi) is 4.66. The number of nitrogens with one attached hydrogen (secondary N) is 2. The zero-order valence-electron chi connectivity index (χ0n) is 10.0. The molecule has 0 unspecified atom stereocenters. The number of nitrogens with two attached hydrogens (primary N) is 1. The monoisotopic (exact) mass is 235 g/mol. The third-order valence-electron chi connectivity index (χ3n) is 2.40. The van der Waals surface area contributed by atoms with Gasteiger partial charge in [0.05, 0.1) is 0 Å². The lowest BCUT2D eigenvalue weighted by Gasteiger charge is -2.07. The molecular weight excluding hydrogens is 218 g/mol. The van der Waals surface area contributed by atoms with Crippen molar-refractivity contribution in [1.29, 1.82) is 0 Å². The van der Waals surface area contributed by atoms with Gasteiger partial charge in [-0.1, -0.05) is 6.07 Å². The van der Waals surface area contributed by atoms with E-state index in [9.17, 15) is 9.59 Å². The molecular formula is C12H17N3O2. The molecule has 4 N–H and O–H groups in total. The van der Waals surface area contributed by atoms with E-state index in [1.807, 2.05) is 26.0 Å². The SMILES string of the molecule is Cc1ccc(NC(=O)C(=O)NCCN)cc1C. The molecule has 0 saturated carbocycles.